The fourth-order valence-corrected chi connectivity index (χ4v) is 8.43. The van der Waals surface area contributed by atoms with Crippen LogP contribution in [-0.2, 0) is 4.79 Å². The molecule has 0 spiro atoms. The highest BCUT2D eigenvalue weighted by Gasteiger charge is 2.18. The van der Waals surface area contributed by atoms with Gasteiger partial charge in [0.2, 0.25) is 5.91 Å². The van der Waals surface area contributed by atoms with E-state index in [1.165, 1.54) is 244 Å². The molecule has 4 heteroatoms. The Kier molecular flexibility index (Phi) is 50.8. The molecule has 0 heterocycles. The minimum absolute atomic E-state index is 0.0755. The van der Waals surface area contributed by atoms with E-state index in [2.05, 4.69) is 43.5 Å². The molecule has 0 fully saturated rings. The van der Waals surface area contributed by atoms with Crippen molar-refractivity contribution < 1.29 is 15.0 Å². The van der Waals surface area contributed by atoms with E-state index in [4.69, 9.17) is 0 Å². The number of carbonyl (C=O) groups excluding carboxylic acids is 1. The van der Waals surface area contributed by atoms with Gasteiger partial charge in [-0.15, -0.1) is 0 Å². The van der Waals surface area contributed by atoms with Gasteiger partial charge in [0.15, 0.2) is 0 Å². The number of nitrogens with one attached hydrogen (secondary N) is 1. The summed E-state index contributed by atoms with van der Waals surface area (Å²) in [5, 5.41) is 23.1. The van der Waals surface area contributed by atoms with Gasteiger partial charge in [-0.25, -0.2) is 0 Å². The Bertz CT molecular complexity index is 912. The van der Waals surface area contributed by atoms with Crippen LogP contribution in [0.25, 0.3) is 0 Å². The Hall–Kier alpha value is -1.39. The second-order valence-corrected chi connectivity index (χ2v) is 18.6. The molecule has 60 heavy (non-hydrogen) atoms. The summed E-state index contributed by atoms with van der Waals surface area (Å²) < 4.78 is 0. The van der Waals surface area contributed by atoms with Gasteiger partial charge in [0.25, 0.3) is 0 Å². The molecule has 0 aliphatic carbocycles. The number of rotatable bonds is 50. The molecule has 3 N–H and O–H groups in total. The lowest BCUT2D eigenvalue weighted by Crippen LogP contribution is -2.45. The highest BCUT2D eigenvalue weighted by molar-refractivity contribution is 5.76. The number of carbonyl (C=O) groups is 1. The number of unbranched alkanes of at least 4 members (excludes halogenated alkanes) is 39. The topological polar surface area (TPSA) is 69.6 Å². The van der Waals surface area contributed by atoms with E-state index in [-0.39, 0.29) is 12.5 Å². The quantitative estimate of drug-likeness (QED) is 0.0422. The molecule has 0 rings (SSSR count). The molecule has 0 aliphatic rings. The van der Waals surface area contributed by atoms with E-state index in [0.29, 0.717) is 6.42 Å². The number of aliphatic hydroxyl groups excluding tert-OH is 2. The SMILES string of the molecule is CCCCCCCCC/C=C\CCCCCCCCCC(=O)NC(CO)C(O)/C=C/CC/C=C/CCCCCCCCCCCCCCCCCCCCCCCCCC. The van der Waals surface area contributed by atoms with Gasteiger partial charge in [-0.2, -0.15) is 0 Å². The molecule has 354 valence electrons. The number of aliphatic hydroxyl groups is 2. The normalized spacial score (nSPS) is 13.1. The van der Waals surface area contributed by atoms with Crippen LogP contribution in [0.3, 0.4) is 0 Å². The third kappa shape index (κ3) is 47.7. The third-order valence-electron chi connectivity index (χ3n) is 12.6. The monoisotopic (exact) mass is 842 g/mol. The van der Waals surface area contributed by atoms with Crippen LogP contribution < -0.4 is 5.32 Å². The Morgan fingerprint density at radius 3 is 0.967 bits per heavy atom. The molecule has 1 amide bonds. The smallest absolute Gasteiger partial charge is 0.220 e. The molecule has 0 aromatic carbocycles. The fourth-order valence-electron chi connectivity index (χ4n) is 8.43. The second-order valence-electron chi connectivity index (χ2n) is 18.6. The summed E-state index contributed by atoms with van der Waals surface area (Å²) in [7, 11) is 0. The molecule has 0 bridgehead atoms. The van der Waals surface area contributed by atoms with Crippen LogP contribution >= 0.6 is 0 Å². The molecule has 0 aliphatic heterocycles. The van der Waals surface area contributed by atoms with Gasteiger partial charge < -0.3 is 15.5 Å². The average Bonchev–Trinajstić information content (AvgIpc) is 3.25. The van der Waals surface area contributed by atoms with Crippen LogP contribution in [0, 0.1) is 0 Å². The van der Waals surface area contributed by atoms with E-state index in [1.54, 1.807) is 6.08 Å². The first-order chi connectivity index (χ1) is 29.7. The molecule has 0 saturated heterocycles. The zero-order valence-electron chi connectivity index (χ0n) is 40.7. The van der Waals surface area contributed by atoms with Crippen molar-refractivity contribution in [2.24, 2.45) is 0 Å². The number of amides is 1. The fraction of sp³-hybridized carbons (Fsp3) is 0.875. The predicted octanol–water partition coefficient (Wildman–Crippen LogP) is 17.7. The van der Waals surface area contributed by atoms with Crippen molar-refractivity contribution in [3.63, 3.8) is 0 Å². The van der Waals surface area contributed by atoms with Crippen LogP contribution in [0.1, 0.15) is 296 Å². The highest BCUT2D eigenvalue weighted by Crippen LogP contribution is 2.17. The minimum atomic E-state index is -0.864. The Labute approximate surface area is 376 Å². The van der Waals surface area contributed by atoms with Gasteiger partial charge in [0.1, 0.15) is 0 Å². The van der Waals surface area contributed by atoms with Crippen LogP contribution in [-0.4, -0.2) is 34.9 Å². The third-order valence-corrected chi connectivity index (χ3v) is 12.6. The standard InChI is InChI=1S/C56H107NO3/c1-3-5-7-9-11-13-15-17-19-21-23-24-25-26-27-28-29-30-31-32-33-34-35-37-39-41-43-45-47-49-51-55(59)54(53-58)57-56(60)52-50-48-46-44-42-40-38-36-22-20-18-16-14-12-10-8-6-4-2/h20,22,41,43,49,51,54-55,58-59H,3-19,21,23-40,42,44-48,50,52-53H2,1-2H3,(H,57,60)/b22-20-,43-41+,51-49+. The molecule has 0 radical (unpaired) electrons. The lowest BCUT2D eigenvalue weighted by Gasteiger charge is -2.19. The summed E-state index contributed by atoms with van der Waals surface area (Å²) in [5.41, 5.74) is 0. The molecule has 0 saturated carbocycles. The van der Waals surface area contributed by atoms with E-state index < -0.39 is 12.1 Å². The maximum absolute atomic E-state index is 12.4. The van der Waals surface area contributed by atoms with Crippen molar-refractivity contribution in [1.29, 1.82) is 0 Å². The lowest BCUT2D eigenvalue weighted by atomic mass is 10.0. The second kappa shape index (κ2) is 52.0. The predicted molar refractivity (Wildman–Crippen MR) is 267 cm³/mol. The molecule has 2 unspecified atom stereocenters. The molecule has 2 atom stereocenters. The maximum Gasteiger partial charge on any atom is 0.220 e. The summed E-state index contributed by atoms with van der Waals surface area (Å²) in [5.74, 6) is -0.0755. The number of allylic oxidation sites excluding steroid dienone is 5. The first-order valence-corrected chi connectivity index (χ1v) is 27.2. The van der Waals surface area contributed by atoms with Gasteiger partial charge in [0.05, 0.1) is 18.8 Å². The van der Waals surface area contributed by atoms with Crippen molar-refractivity contribution in [3.05, 3.63) is 36.5 Å². The van der Waals surface area contributed by atoms with Crippen LogP contribution in [0.15, 0.2) is 36.5 Å². The van der Waals surface area contributed by atoms with E-state index in [1.807, 2.05) is 6.08 Å². The van der Waals surface area contributed by atoms with Crippen molar-refractivity contribution in [2.45, 2.75) is 309 Å². The zero-order chi connectivity index (χ0) is 43.5. The van der Waals surface area contributed by atoms with Gasteiger partial charge in [0, 0.05) is 6.42 Å². The molecule has 0 aromatic heterocycles. The summed E-state index contributed by atoms with van der Waals surface area (Å²) >= 11 is 0. The van der Waals surface area contributed by atoms with Gasteiger partial charge in [-0.1, -0.05) is 269 Å². The Morgan fingerprint density at radius 1 is 0.383 bits per heavy atom. The molecule has 4 nitrogen and oxygen atoms in total. The van der Waals surface area contributed by atoms with E-state index >= 15 is 0 Å². The van der Waals surface area contributed by atoms with Crippen LogP contribution in [0.5, 0.6) is 0 Å². The average molecular weight is 842 g/mol. The highest BCUT2D eigenvalue weighted by atomic mass is 16.3. The Morgan fingerprint density at radius 2 is 0.650 bits per heavy atom. The first-order valence-electron chi connectivity index (χ1n) is 27.2. The molecular weight excluding hydrogens is 735 g/mol. The van der Waals surface area contributed by atoms with E-state index in [9.17, 15) is 15.0 Å². The van der Waals surface area contributed by atoms with Crippen molar-refractivity contribution in [3.8, 4) is 0 Å². The zero-order valence-corrected chi connectivity index (χ0v) is 40.7. The largest absolute Gasteiger partial charge is 0.394 e. The van der Waals surface area contributed by atoms with Crippen molar-refractivity contribution in [2.75, 3.05) is 6.61 Å². The molecule has 0 aromatic rings. The maximum atomic E-state index is 12.4. The van der Waals surface area contributed by atoms with Gasteiger partial charge in [-0.3, -0.25) is 4.79 Å². The van der Waals surface area contributed by atoms with Crippen molar-refractivity contribution >= 4 is 5.91 Å². The first kappa shape index (κ1) is 58.6. The number of hydrogen-bond donors (Lipinski definition) is 3. The van der Waals surface area contributed by atoms with Crippen molar-refractivity contribution in [1.82, 2.24) is 5.32 Å². The Balaban J connectivity index is 3.51. The summed E-state index contributed by atoms with van der Waals surface area (Å²) in [4.78, 5) is 12.4. The lowest BCUT2D eigenvalue weighted by molar-refractivity contribution is -0.123. The summed E-state index contributed by atoms with van der Waals surface area (Å²) in [6.45, 7) is 4.32. The van der Waals surface area contributed by atoms with Crippen LogP contribution in [0.2, 0.25) is 0 Å². The number of hydrogen-bond acceptors (Lipinski definition) is 3. The summed E-state index contributed by atoms with van der Waals surface area (Å²) in [6.07, 6.45) is 70.2. The van der Waals surface area contributed by atoms with E-state index in [0.717, 1.165) is 32.1 Å². The molecular formula is C56H107NO3. The minimum Gasteiger partial charge on any atom is -0.394 e. The van der Waals surface area contributed by atoms with Gasteiger partial charge in [-0.05, 0) is 57.8 Å². The van der Waals surface area contributed by atoms with Crippen LogP contribution in [0.4, 0.5) is 0 Å². The summed E-state index contributed by atoms with van der Waals surface area (Å²) in [6, 6.07) is -0.641. The van der Waals surface area contributed by atoms with Gasteiger partial charge >= 0.3 is 0 Å².